The Balaban J connectivity index is 1.87. The van der Waals surface area contributed by atoms with Crippen LogP contribution in [0.2, 0.25) is 0 Å². The van der Waals surface area contributed by atoms with Crippen LogP contribution in [-0.4, -0.2) is 88.3 Å². The molecule has 1 aromatic heterocycles. The second-order valence-electron chi connectivity index (χ2n) is 7.45. The molecule has 1 fully saturated rings. The van der Waals surface area contributed by atoms with Crippen molar-refractivity contribution in [1.82, 2.24) is 29.9 Å². The van der Waals surface area contributed by atoms with Gasteiger partial charge in [0.25, 0.3) is 0 Å². The lowest BCUT2D eigenvalue weighted by molar-refractivity contribution is 0.164. The molecule has 1 aliphatic heterocycles. The fraction of sp³-hybridized carbons (Fsp3) is 0.842. The third-order valence-electron chi connectivity index (χ3n) is 4.71. The molecule has 0 amide bonds. The predicted octanol–water partition coefficient (Wildman–Crippen LogP) is 1.81. The van der Waals surface area contributed by atoms with E-state index < -0.39 is 0 Å². The topological polar surface area (TPSA) is 61.6 Å². The van der Waals surface area contributed by atoms with E-state index in [1.54, 1.807) is 0 Å². The zero-order chi connectivity index (χ0) is 19.5. The van der Waals surface area contributed by atoms with Crippen molar-refractivity contribution in [2.24, 2.45) is 10.9 Å². The van der Waals surface area contributed by atoms with Gasteiger partial charge in [-0.3, -0.25) is 9.89 Å². The van der Waals surface area contributed by atoms with E-state index in [1.807, 2.05) is 18.1 Å². The molecule has 0 bridgehead atoms. The first-order valence-electron chi connectivity index (χ1n) is 10.2. The maximum absolute atomic E-state index is 4.89. The van der Waals surface area contributed by atoms with Crippen molar-refractivity contribution in [1.29, 1.82) is 0 Å². The molecule has 1 saturated heterocycles. The summed E-state index contributed by atoms with van der Waals surface area (Å²) in [4.78, 5) is 9.88. The number of thioether (sulfide) groups is 1. The summed E-state index contributed by atoms with van der Waals surface area (Å²) >= 11 is 1.89. The third-order valence-corrected chi connectivity index (χ3v) is 5.41. The van der Waals surface area contributed by atoms with Crippen LogP contribution in [0.4, 0.5) is 0 Å². The van der Waals surface area contributed by atoms with E-state index in [9.17, 15) is 0 Å². The van der Waals surface area contributed by atoms with Gasteiger partial charge in [-0.25, -0.2) is 0 Å². The lowest BCUT2D eigenvalue weighted by Crippen LogP contribution is -2.53. The first kappa shape index (κ1) is 22.0. The summed E-state index contributed by atoms with van der Waals surface area (Å²) in [6, 6.07) is 0. The van der Waals surface area contributed by atoms with Gasteiger partial charge in [-0.15, -0.1) is 10.2 Å². The van der Waals surface area contributed by atoms with Crippen molar-refractivity contribution in [3.05, 3.63) is 12.2 Å². The summed E-state index contributed by atoms with van der Waals surface area (Å²) in [7, 11) is 0. The minimum atomic E-state index is 0.728. The number of nitrogens with zero attached hydrogens (tertiary/aromatic N) is 6. The van der Waals surface area contributed by atoms with Crippen LogP contribution in [0.3, 0.4) is 0 Å². The average molecular weight is 396 g/mol. The zero-order valence-electron chi connectivity index (χ0n) is 17.5. The first-order valence-corrected chi connectivity index (χ1v) is 11.6. The van der Waals surface area contributed by atoms with Crippen LogP contribution in [0.1, 0.15) is 33.0 Å². The molecule has 0 saturated carbocycles. The van der Waals surface area contributed by atoms with Gasteiger partial charge in [-0.05, 0) is 24.3 Å². The number of aliphatic imine (C=N–C) groups is 1. The quantitative estimate of drug-likeness (QED) is 0.370. The third kappa shape index (κ3) is 7.70. The van der Waals surface area contributed by atoms with Crippen LogP contribution >= 0.6 is 11.8 Å². The van der Waals surface area contributed by atoms with Crippen molar-refractivity contribution < 1.29 is 0 Å². The number of hydrogen-bond acceptors (Lipinski definition) is 5. The Hall–Kier alpha value is -1.28. The van der Waals surface area contributed by atoms with Crippen LogP contribution < -0.4 is 5.32 Å². The van der Waals surface area contributed by atoms with Crippen molar-refractivity contribution in [3.8, 4) is 0 Å². The highest BCUT2D eigenvalue weighted by atomic mass is 32.2. The molecule has 1 N–H and O–H groups in total. The van der Waals surface area contributed by atoms with Gasteiger partial charge < -0.3 is 14.8 Å². The molecule has 2 rings (SSSR count). The fourth-order valence-corrected chi connectivity index (χ4v) is 3.77. The minimum absolute atomic E-state index is 0.728. The summed E-state index contributed by atoms with van der Waals surface area (Å²) in [5, 5.41) is 11.8. The molecule has 1 aromatic rings. The molecule has 0 spiro atoms. The molecule has 27 heavy (non-hydrogen) atoms. The van der Waals surface area contributed by atoms with Crippen molar-refractivity contribution in [2.45, 2.75) is 40.2 Å². The lowest BCUT2D eigenvalue weighted by atomic mass is 10.2. The Bertz CT molecular complexity index is 550. The molecular weight excluding hydrogens is 358 g/mol. The van der Waals surface area contributed by atoms with Gasteiger partial charge in [-0.2, -0.15) is 11.8 Å². The standard InChI is InChI=1S/C19H37N7S/c1-5-18-23-22-16-26(18)9-8-21-19(20-7-6-14-27-4)25-12-10-24(11-13-25)15-17(2)3/h16-17H,5-15H2,1-4H3,(H,20,21). The molecule has 1 aliphatic rings. The van der Waals surface area contributed by atoms with E-state index in [4.69, 9.17) is 4.99 Å². The Morgan fingerprint density at radius 1 is 1.30 bits per heavy atom. The van der Waals surface area contributed by atoms with Gasteiger partial charge >= 0.3 is 0 Å². The number of rotatable bonds is 10. The van der Waals surface area contributed by atoms with Gasteiger partial charge in [0.05, 0.1) is 0 Å². The number of aryl methyl sites for hydroxylation is 1. The second-order valence-corrected chi connectivity index (χ2v) is 8.44. The summed E-state index contributed by atoms with van der Waals surface area (Å²) in [6.45, 7) is 14.8. The molecule has 2 heterocycles. The number of nitrogens with one attached hydrogen (secondary N) is 1. The van der Waals surface area contributed by atoms with E-state index in [2.05, 4.69) is 56.9 Å². The zero-order valence-corrected chi connectivity index (χ0v) is 18.3. The van der Waals surface area contributed by atoms with E-state index in [1.165, 1.54) is 12.3 Å². The number of guanidine groups is 1. The maximum atomic E-state index is 4.89. The van der Waals surface area contributed by atoms with E-state index in [0.29, 0.717) is 0 Å². The Kier molecular flexibility index (Phi) is 9.97. The normalized spacial score (nSPS) is 16.3. The van der Waals surface area contributed by atoms with Gasteiger partial charge in [-0.1, -0.05) is 20.8 Å². The second kappa shape index (κ2) is 12.2. The van der Waals surface area contributed by atoms with E-state index >= 15 is 0 Å². The minimum Gasteiger partial charge on any atom is -0.354 e. The Morgan fingerprint density at radius 3 is 2.74 bits per heavy atom. The SMILES string of the molecule is CCc1nncn1CCNC(=NCCCSC)N1CCN(CC(C)C)CC1. The molecule has 0 atom stereocenters. The molecule has 0 unspecified atom stereocenters. The van der Waals surface area contributed by atoms with Gasteiger partial charge in [0.1, 0.15) is 12.2 Å². The van der Waals surface area contributed by atoms with Gasteiger partial charge in [0.2, 0.25) is 0 Å². The lowest BCUT2D eigenvalue weighted by Gasteiger charge is -2.37. The van der Waals surface area contributed by atoms with Crippen LogP contribution in [0.5, 0.6) is 0 Å². The van der Waals surface area contributed by atoms with Crippen LogP contribution in [0.15, 0.2) is 11.3 Å². The highest BCUT2D eigenvalue weighted by Gasteiger charge is 2.20. The summed E-state index contributed by atoms with van der Waals surface area (Å²) in [5.41, 5.74) is 0. The van der Waals surface area contributed by atoms with Crippen molar-refractivity contribution >= 4 is 17.7 Å². The Morgan fingerprint density at radius 2 is 2.07 bits per heavy atom. The Labute approximate surface area is 169 Å². The monoisotopic (exact) mass is 395 g/mol. The summed E-state index contributed by atoms with van der Waals surface area (Å²) in [6.07, 6.45) is 6.01. The van der Waals surface area contributed by atoms with E-state index in [-0.39, 0.29) is 0 Å². The first-order chi connectivity index (χ1) is 13.1. The summed E-state index contributed by atoms with van der Waals surface area (Å²) < 4.78 is 2.12. The molecule has 7 nitrogen and oxygen atoms in total. The predicted molar refractivity (Wildman–Crippen MR) is 116 cm³/mol. The van der Waals surface area contributed by atoms with Crippen molar-refractivity contribution in [2.75, 3.05) is 57.8 Å². The molecule has 154 valence electrons. The largest absolute Gasteiger partial charge is 0.354 e. The molecule has 0 aliphatic carbocycles. The fourth-order valence-electron chi connectivity index (χ4n) is 3.35. The average Bonchev–Trinajstić information content (AvgIpc) is 3.11. The molecule has 8 heteroatoms. The van der Waals surface area contributed by atoms with Gasteiger partial charge in [0, 0.05) is 58.8 Å². The van der Waals surface area contributed by atoms with Crippen molar-refractivity contribution in [3.63, 3.8) is 0 Å². The maximum Gasteiger partial charge on any atom is 0.194 e. The molecule has 0 radical (unpaired) electrons. The van der Waals surface area contributed by atoms with Gasteiger partial charge in [0.15, 0.2) is 5.96 Å². The van der Waals surface area contributed by atoms with Crippen LogP contribution in [0, 0.1) is 5.92 Å². The molecule has 0 aromatic carbocycles. The summed E-state index contributed by atoms with van der Waals surface area (Å²) in [5.74, 6) is 3.99. The van der Waals surface area contributed by atoms with Crippen LogP contribution in [0.25, 0.3) is 0 Å². The smallest absolute Gasteiger partial charge is 0.194 e. The number of aromatic nitrogens is 3. The molecular formula is C19H37N7S. The number of piperazine rings is 1. The van der Waals surface area contributed by atoms with E-state index in [0.717, 1.165) is 76.4 Å². The highest BCUT2D eigenvalue weighted by molar-refractivity contribution is 7.98. The van der Waals surface area contributed by atoms with Crippen LogP contribution in [-0.2, 0) is 13.0 Å². The highest BCUT2D eigenvalue weighted by Crippen LogP contribution is 2.06. The number of hydrogen-bond donors (Lipinski definition) is 1.